The van der Waals surface area contributed by atoms with Crippen LogP contribution in [0.3, 0.4) is 0 Å². The van der Waals surface area contributed by atoms with Crippen molar-refractivity contribution in [2.24, 2.45) is 5.41 Å². The second kappa shape index (κ2) is 4.33. The van der Waals surface area contributed by atoms with Gasteiger partial charge in [0.15, 0.2) is 0 Å². The van der Waals surface area contributed by atoms with Crippen LogP contribution in [0.15, 0.2) is 24.3 Å². The van der Waals surface area contributed by atoms with Crippen molar-refractivity contribution in [1.82, 2.24) is 0 Å². The highest BCUT2D eigenvalue weighted by molar-refractivity contribution is 5.24. The Kier molecular flexibility index (Phi) is 3.08. The minimum atomic E-state index is 0.211. The van der Waals surface area contributed by atoms with Gasteiger partial charge in [-0.1, -0.05) is 24.3 Å². The summed E-state index contributed by atoms with van der Waals surface area (Å²) in [6.07, 6.45) is 3.35. The summed E-state index contributed by atoms with van der Waals surface area (Å²) in [6.45, 7) is 0.998. The number of aliphatic hydroxyl groups is 1. The van der Waals surface area contributed by atoms with Crippen molar-refractivity contribution in [2.45, 2.75) is 25.9 Å². The summed E-state index contributed by atoms with van der Waals surface area (Å²) in [4.78, 5) is 0. The molecule has 1 aliphatic carbocycles. The Balaban J connectivity index is 1.98. The van der Waals surface area contributed by atoms with E-state index in [1.165, 1.54) is 24.0 Å². The highest BCUT2D eigenvalue weighted by Gasteiger charge is 2.41. The lowest BCUT2D eigenvalue weighted by atomic mass is 9.97. The number of aliphatic hydroxyl groups excluding tert-OH is 1. The van der Waals surface area contributed by atoms with Crippen LogP contribution in [0.25, 0.3) is 0 Å². The first-order valence-electron chi connectivity index (χ1n) is 5.46. The molecule has 0 atom stereocenters. The summed E-state index contributed by atoms with van der Waals surface area (Å²) in [5.74, 6) is 0. The minimum absolute atomic E-state index is 0.211. The largest absolute Gasteiger partial charge is 0.396 e. The molecule has 0 unspecified atom stereocenters. The van der Waals surface area contributed by atoms with Gasteiger partial charge in [0.05, 0.1) is 6.61 Å². The molecule has 2 nitrogen and oxygen atoms in total. The van der Waals surface area contributed by atoms with E-state index in [-0.39, 0.29) is 5.41 Å². The van der Waals surface area contributed by atoms with E-state index in [2.05, 4.69) is 24.3 Å². The highest BCUT2D eigenvalue weighted by atomic mass is 16.5. The van der Waals surface area contributed by atoms with Gasteiger partial charge in [-0.15, -0.1) is 0 Å². The molecule has 15 heavy (non-hydrogen) atoms. The molecule has 0 saturated heterocycles. The fourth-order valence-electron chi connectivity index (χ4n) is 1.92. The minimum Gasteiger partial charge on any atom is -0.396 e. The molecule has 1 aliphatic rings. The Bertz CT molecular complexity index is 312. The molecule has 0 aromatic heterocycles. The van der Waals surface area contributed by atoms with Gasteiger partial charge in [0.25, 0.3) is 0 Å². The quantitative estimate of drug-likeness (QED) is 0.800. The maximum Gasteiger partial charge on any atom is 0.0713 e. The average Bonchev–Trinajstić information content (AvgIpc) is 3.02. The van der Waals surface area contributed by atoms with Gasteiger partial charge in [-0.25, -0.2) is 0 Å². The van der Waals surface area contributed by atoms with E-state index >= 15 is 0 Å². The Morgan fingerprint density at radius 2 is 1.80 bits per heavy atom. The lowest BCUT2D eigenvalue weighted by Gasteiger charge is -2.11. The second-order valence-corrected chi connectivity index (χ2v) is 4.58. The SMILES string of the molecule is COCc1ccc(CC2(CO)CC2)cc1. The van der Waals surface area contributed by atoms with Gasteiger partial charge < -0.3 is 9.84 Å². The van der Waals surface area contributed by atoms with Crippen LogP contribution in [-0.2, 0) is 17.8 Å². The zero-order valence-corrected chi connectivity index (χ0v) is 9.20. The first-order valence-corrected chi connectivity index (χ1v) is 5.46. The van der Waals surface area contributed by atoms with E-state index in [9.17, 15) is 5.11 Å². The number of benzene rings is 1. The van der Waals surface area contributed by atoms with E-state index < -0.39 is 0 Å². The van der Waals surface area contributed by atoms with Crippen LogP contribution >= 0.6 is 0 Å². The third kappa shape index (κ3) is 2.58. The van der Waals surface area contributed by atoms with Crippen LogP contribution in [0, 0.1) is 5.41 Å². The second-order valence-electron chi connectivity index (χ2n) is 4.58. The maximum absolute atomic E-state index is 9.24. The van der Waals surface area contributed by atoms with Crippen LogP contribution in [0.5, 0.6) is 0 Å². The van der Waals surface area contributed by atoms with Crippen molar-refractivity contribution in [3.8, 4) is 0 Å². The molecule has 1 aromatic rings. The summed E-state index contributed by atoms with van der Waals surface area (Å²) >= 11 is 0. The molecule has 0 bridgehead atoms. The van der Waals surface area contributed by atoms with Gasteiger partial charge in [0.2, 0.25) is 0 Å². The molecular formula is C13H18O2. The summed E-state index contributed by atoms with van der Waals surface area (Å²) in [7, 11) is 1.71. The molecule has 82 valence electrons. The number of hydrogen-bond donors (Lipinski definition) is 1. The van der Waals surface area contributed by atoms with Crippen molar-refractivity contribution in [2.75, 3.05) is 13.7 Å². The summed E-state index contributed by atoms with van der Waals surface area (Å²) in [5, 5.41) is 9.24. The first-order chi connectivity index (χ1) is 7.28. The normalized spacial score (nSPS) is 17.7. The number of hydrogen-bond acceptors (Lipinski definition) is 2. The topological polar surface area (TPSA) is 29.5 Å². The van der Waals surface area contributed by atoms with E-state index in [1.807, 2.05) is 0 Å². The fraction of sp³-hybridized carbons (Fsp3) is 0.538. The first kappa shape index (κ1) is 10.7. The van der Waals surface area contributed by atoms with E-state index in [0.29, 0.717) is 13.2 Å². The number of ether oxygens (including phenoxy) is 1. The zero-order chi connectivity index (χ0) is 10.7. The van der Waals surface area contributed by atoms with Crippen molar-refractivity contribution in [1.29, 1.82) is 0 Å². The molecule has 0 amide bonds. The van der Waals surface area contributed by atoms with Gasteiger partial charge in [-0.3, -0.25) is 0 Å². The van der Waals surface area contributed by atoms with Gasteiger partial charge in [0, 0.05) is 13.7 Å². The Hall–Kier alpha value is -0.860. The van der Waals surface area contributed by atoms with Gasteiger partial charge in [0.1, 0.15) is 0 Å². The zero-order valence-electron chi connectivity index (χ0n) is 9.20. The summed E-state index contributed by atoms with van der Waals surface area (Å²) < 4.78 is 5.06. The van der Waals surface area contributed by atoms with E-state index in [1.54, 1.807) is 7.11 Å². The fourth-order valence-corrected chi connectivity index (χ4v) is 1.92. The molecule has 2 rings (SSSR count). The number of methoxy groups -OCH3 is 1. The van der Waals surface area contributed by atoms with Crippen molar-refractivity contribution in [3.63, 3.8) is 0 Å². The van der Waals surface area contributed by atoms with E-state index in [4.69, 9.17) is 4.74 Å². The van der Waals surface area contributed by atoms with Crippen molar-refractivity contribution in [3.05, 3.63) is 35.4 Å². The molecule has 1 N–H and O–H groups in total. The van der Waals surface area contributed by atoms with Crippen LogP contribution in [0.2, 0.25) is 0 Å². The molecular weight excluding hydrogens is 188 g/mol. The molecule has 1 fully saturated rings. The molecule has 1 saturated carbocycles. The maximum atomic E-state index is 9.24. The predicted octanol–water partition coefficient (Wildman–Crippen LogP) is 2.15. The third-order valence-corrected chi connectivity index (χ3v) is 3.21. The van der Waals surface area contributed by atoms with E-state index in [0.717, 1.165) is 6.42 Å². The monoisotopic (exact) mass is 206 g/mol. The van der Waals surface area contributed by atoms with Gasteiger partial charge >= 0.3 is 0 Å². The summed E-state index contributed by atoms with van der Waals surface area (Å²) in [5.41, 5.74) is 2.74. The summed E-state index contributed by atoms with van der Waals surface area (Å²) in [6, 6.07) is 8.49. The Morgan fingerprint density at radius 3 is 2.27 bits per heavy atom. The van der Waals surface area contributed by atoms with Crippen LogP contribution in [-0.4, -0.2) is 18.8 Å². The van der Waals surface area contributed by atoms with Crippen LogP contribution < -0.4 is 0 Å². The predicted molar refractivity (Wildman–Crippen MR) is 59.6 cm³/mol. The van der Waals surface area contributed by atoms with Gasteiger partial charge in [-0.2, -0.15) is 0 Å². The van der Waals surface area contributed by atoms with Crippen molar-refractivity contribution >= 4 is 0 Å². The molecule has 0 radical (unpaired) electrons. The highest BCUT2D eigenvalue weighted by Crippen LogP contribution is 2.47. The lowest BCUT2D eigenvalue weighted by molar-refractivity contribution is 0.185. The molecule has 0 aliphatic heterocycles. The molecule has 1 aromatic carbocycles. The van der Waals surface area contributed by atoms with Crippen LogP contribution in [0.4, 0.5) is 0 Å². The Morgan fingerprint density at radius 1 is 1.20 bits per heavy atom. The van der Waals surface area contributed by atoms with Crippen LogP contribution in [0.1, 0.15) is 24.0 Å². The average molecular weight is 206 g/mol. The van der Waals surface area contributed by atoms with Gasteiger partial charge in [-0.05, 0) is 35.8 Å². The third-order valence-electron chi connectivity index (χ3n) is 3.21. The number of rotatable bonds is 5. The molecule has 0 heterocycles. The molecule has 0 spiro atoms. The molecule has 2 heteroatoms. The Labute approximate surface area is 90.9 Å². The van der Waals surface area contributed by atoms with Crippen molar-refractivity contribution < 1.29 is 9.84 Å². The lowest BCUT2D eigenvalue weighted by Crippen LogP contribution is -2.09. The smallest absolute Gasteiger partial charge is 0.0713 e. The standard InChI is InChI=1S/C13H18O2/c1-15-9-12-4-2-11(3-5-12)8-13(10-14)6-7-13/h2-5,14H,6-10H2,1H3.